The maximum absolute atomic E-state index is 12.8. The van der Waals surface area contributed by atoms with Crippen molar-refractivity contribution < 1.29 is 28.6 Å². The van der Waals surface area contributed by atoms with Gasteiger partial charge in [0.05, 0.1) is 0 Å². The van der Waals surface area contributed by atoms with Gasteiger partial charge in [-0.15, -0.1) is 0 Å². The van der Waals surface area contributed by atoms with E-state index < -0.39 is 6.10 Å². The van der Waals surface area contributed by atoms with Crippen LogP contribution in [0.25, 0.3) is 0 Å². The van der Waals surface area contributed by atoms with E-state index in [1.807, 2.05) is 0 Å². The van der Waals surface area contributed by atoms with Crippen LogP contribution in [0.4, 0.5) is 0 Å². The van der Waals surface area contributed by atoms with Crippen molar-refractivity contribution in [2.45, 2.75) is 207 Å². The van der Waals surface area contributed by atoms with E-state index in [9.17, 15) is 14.4 Å². The fraction of sp³-hybridized carbons (Fsp3) is 0.576. The fourth-order valence-corrected chi connectivity index (χ4v) is 6.43. The van der Waals surface area contributed by atoms with Crippen LogP contribution in [0, 0.1) is 0 Å². The van der Waals surface area contributed by atoms with Crippen LogP contribution in [0.5, 0.6) is 0 Å². The Balaban J connectivity index is 4.55. The minimum absolute atomic E-state index is 0.121. The molecule has 0 radical (unpaired) electrons. The lowest BCUT2D eigenvalue weighted by atomic mass is 10.1. The van der Waals surface area contributed by atoms with Crippen molar-refractivity contribution in [3.8, 4) is 0 Å². The predicted molar refractivity (Wildman–Crippen MR) is 279 cm³/mol. The van der Waals surface area contributed by atoms with E-state index in [2.05, 4.69) is 154 Å². The Morgan fingerprint density at radius 2 is 0.677 bits per heavy atom. The number of carbonyl (C=O) groups excluding carboxylic acids is 3. The predicted octanol–water partition coefficient (Wildman–Crippen LogP) is 17.1. The zero-order valence-electron chi connectivity index (χ0n) is 41.4. The second-order valence-electron chi connectivity index (χ2n) is 16.5. The monoisotopic (exact) mass is 897 g/mol. The molecule has 0 bridgehead atoms. The summed E-state index contributed by atoms with van der Waals surface area (Å²) in [5, 5.41) is 0. The zero-order chi connectivity index (χ0) is 47.2. The molecule has 0 fully saturated rings. The maximum atomic E-state index is 12.8. The van der Waals surface area contributed by atoms with Crippen molar-refractivity contribution in [2.75, 3.05) is 13.2 Å². The van der Waals surface area contributed by atoms with Crippen molar-refractivity contribution in [2.24, 2.45) is 0 Å². The summed E-state index contributed by atoms with van der Waals surface area (Å²) in [6, 6.07) is 0. The topological polar surface area (TPSA) is 78.9 Å². The summed E-state index contributed by atoms with van der Waals surface area (Å²) in [5.41, 5.74) is 0. The molecule has 0 N–H and O–H groups in total. The van der Waals surface area contributed by atoms with E-state index in [0.717, 1.165) is 116 Å². The Bertz CT molecular complexity index is 1450. The first-order valence-corrected chi connectivity index (χ1v) is 25.8. The molecule has 6 nitrogen and oxygen atoms in total. The number of hydrogen-bond acceptors (Lipinski definition) is 6. The van der Waals surface area contributed by atoms with Gasteiger partial charge in [-0.3, -0.25) is 14.4 Å². The minimum Gasteiger partial charge on any atom is -0.462 e. The number of carbonyl (C=O) groups is 3. The standard InChI is InChI=1S/C59H92O6/c1-4-7-10-13-16-19-22-24-26-28-30-32-34-37-40-43-46-49-52-58(61)64-55-56(54-63-57(60)51-48-45-42-39-36-21-18-15-12-9-6-3)65-59(62)53-50-47-44-41-38-35-33-31-29-27-25-23-20-17-14-11-8-5-2/h9,12,16-33,39,42,56H,4-8,10-11,13-15,34-38,40-41,43-55H2,1-3H3/b12-9-,19-16-,20-17-,21-18-,24-22-,25-23-,28-26-,29-27-,32-30-,33-31-,42-39-. The van der Waals surface area contributed by atoms with Gasteiger partial charge in [-0.2, -0.15) is 0 Å². The molecule has 6 heteroatoms. The lowest BCUT2D eigenvalue weighted by Gasteiger charge is -2.18. The second kappa shape index (κ2) is 52.2. The van der Waals surface area contributed by atoms with Crippen molar-refractivity contribution in [3.63, 3.8) is 0 Å². The third-order valence-electron chi connectivity index (χ3n) is 10.3. The highest BCUT2D eigenvalue weighted by Crippen LogP contribution is 2.12. The summed E-state index contributed by atoms with van der Waals surface area (Å²) in [7, 11) is 0. The third kappa shape index (κ3) is 50.4. The van der Waals surface area contributed by atoms with Gasteiger partial charge in [-0.25, -0.2) is 0 Å². The molecule has 364 valence electrons. The Kier molecular flexibility index (Phi) is 48.6. The molecule has 0 amide bonds. The molecule has 0 aromatic carbocycles. The van der Waals surface area contributed by atoms with Crippen LogP contribution in [-0.2, 0) is 28.6 Å². The molecule has 0 heterocycles. The van der Waals surface area contributed by atoms with Gasteiger partial charge in [-0.05, 0) is 96.3 Å². The molecule has 1 atom stereocenters. The van der Waals surface area contributed by atoms with Crippen LogP contribution in [0.3, 0.4) is 0 Å². The second-order valence-corrected chi connectivity index (χ2v) is 16.5. The van der Waals surface area contributed by atoms with Crippen LogP contribution in [0.1, 0.15) is 201 Å². The van der Waals surface area contributed by atoms with Gasteiger partial charge in [0.1, 0.15) is 13.2 Å². The molecule has 0 saturated carbocycles. The van der Waals surface area contributed by atoms with E-state index in [-0.39, 0.29) is 44.0 Å². The van der Waals surface area contributed by atoms with Crippen LogP contribution in [0.15, 0.2) is 134 Å². The van der Waals surface area contributed by atoms with E-state index >= 15 is 0 Å². The summed E-state index contributed by atoms with van der Waals surface area (Å²) in [4.78, 5) is 37.9. The molecule has 0 spiro atoms. The molecule has 0 aliphatic rings. The normalized spacial score (nSPS) is 13.2. The molecule has 1 unspecified atom stereocenters. The van der Waals surface area contributed by atoms with E-state index in [1.54, 1.807) is 0 Å². The quantitative estimate of drug-likeness (QED) is 0.0199. The van der Waals surface area contributed by atoms with Crippen LogP contribution in [-0.4, -0.2) is 37.2 Å². The molecule has 0 aliphatic carbocycles. The lowest BCUT2D eigenvalue weighted by Crippen LogP contribution is -2.30. The van der Waals surface area contributed by atoms with Crippen molar-refractivity contribution in [1.29, 1.82) is 0 Å². The van der Waals surface area contributed by atoms with Gasteiger partial charge < -0.3 is 14.2 Å². The van der Waals surface area contributed by atoms with Crippen molar-refractivity contribution in [3.05, 3.63) is 134 Å². The number of rotatable bonds is 44. The first-order chi connectivity index (χ1) is 32.0. The molecular weight excluding hydrogens is 805 g/mol. The first kappa shape index (κ1) is 60.5. The van der Waals surface area contributed by atoms with Gasteiger partial charge >= 0.3 is 17.9 Å². The van der Waals surface area contributed by atoms with Crippen LogP contribution < -0.4 is 0 Å². The average molecular weight is 897 g/mol. The number of ether oxygens (including phenoxy) is 3. The number of esters is 3. The molecule has 0 aromatic rings. The van der Waals surface area contributed by atoms with Gasteiger partial charge in [0.25, 0.3) is 0 Å². The van der Waals surface area contributed by atoms with E-state index in [0.29, 0.717) is 12.8 Å². The van der Waals surface area contributed by atoms with Gasteiger partial charge in [0, 0.05) is 19.3 Å². The summed E-state index contributed by atoms with van der Waals surface area (Å²) < 4.78 is 16.7. The molecule has 0 aliphatic heterocycles. The molecule has 65 heavy (non-hydrogen) atoms. The van der Waals surface area contributed by atoms with Gasteiger partial charge in [0.15, 0.2) is 6.10 Å². The zero-order valence-corrected chi connectivity index (χ0v) is 41.4. The maximum Gasteiger partial charge on any atom is 0.306 e. The summed E-state index contributed by atoms with van der Waals surface area (Å²) in [6.45, 7) is 6.33. The smallest absolute Gasteiger partial charge is 0.306 e. The van der Waals surface area contributed by atoms with Gasteiger partial charge in [-0.1, -0.05) is 219 Å². The van der Waals surface area contributed by atoms with E-state index in [1.165, 1.54) is 38.5 Å². The fourth-order valence-electron chi connectivity index (χ4n) is 6.43. The van der Waals surface area contributed by atoms with Crippen LogP contribution in [0.2, 0.25) is 0 Å². The highest BCUT2D eigenvalue weighted by molar-refractivity contribution is 5.71. The third-order valence-corrected chi connectivity index (χ3v) is 10.3. The minimum atomic E-state index is -0.825. The largest absolute Gasteiger partial charge is 0.462 e. The Morgan fingerprint density at radius 3 is 1.12 bits per heavy atom. The Hall–Kier alpha value is -4.45. The number of allylic oxidation sites excluding steroid dienone is 22. The average Bonchev–Trinajstić information content (AvgIpc) is 3.30. The molecule has 0 rings (SSSR count). The molecule has 0 saturated heterocycles. The summed E-state index contributed by atoms with van der Waals surface area (Å²) in [6.07, 6.45) is 72.9. The highest BCUT2D eigenvalue weighted by Gasteiger charge is 2.19. The summed E-state index contributed by atoms with van der Waals surface area (Å²) in [5.74, 6) is -1.03. The van der Waals surface area contributed by atoms with Crippen molar-refractivity contribution in [1.82, 2.24) is 0 Å². The first-order valence-electron chi connectivity index (χ1n) is 25.8. The van der Waals surface area contributed by atoms with Crippen molar-refractivity contribution >= 4 is 17.9 Å². The Labute approximate surface area is 398 Å². The van der Waals surface area contributed by atoms with Crippen LogP contribution >= 0.6 is 0 Å². The number of hydrogen-bond donors (Lipinski definition) is 0. The highest BCUT2D eigenvalue weighted by atomic mass is 16.6. The Morgan fingerprint density at radius 1 is 0.338 bits per heavy atom. The van der Waals surface area contributed by atoms with Gasteiger partial charge in [0.2, 0.25) is 0 Å². The molecule has 0 aromatic heterocycles. The van der Waals surface area contributed by atoms with E-state index in [4.69, 9.17) is 14.2 Å². The number of unbranched alkanes of at least 4 members (excludes halogenated alkanes) is 17. The SMILES string of the molecule is CC/C=C\C/C=C\C/C=C\CCCC(=O)OCC(COC(=O)CCCCCCC\C=C/C=C\C=C/C=C\CCCCC)OC(=O)CCCCCCC\C=C/C=C\C=C/C=C\CCCCC. The molecular formula is C59H92O6. The lowest BCUT2D eigenvalue weighted by molar-refractivity contribution is -0.167. The summed E-state index contributed by atoms with van der Waals surface area (Å²) >= 11 is 0.